The monoisotopic (exact) mass is 247 g/mol. The Labute approximate surface area is 98.4 Å². The second-order valence-corrected chi connectivity index (χ2v) is 4.25. The fourth-order valence-corrected chi connectivity index (χ4v) is 1.78. The van der Waals surface area contributed by atoms with Gasteiger partial charge in [0.15, 0.2) is 0 Å². The first-order chi connectivity index (χ1) is 7.15. The highest BCUT2D eigenvalue weighted by molar-refractivity contribution is 7.98. The maximum Gasteiger partial charge on any atom is 0.229 e. The number of anilines is 2. The molecular weight excluding hydrogens is 234 g/mol. The molecule has 0 aliphatic heterocycles. The van der Waals surface area contributed by atoms with Gasteiger partial charge in [-0.2, -0.15) is 26.7 Å². The second kappa shape index (κ2) is 5.97. The van der Waals surface area contributed by atoms with E-state index in [2.05, 4.69) is 38.8 Å². The topological polar surface area (TPSA) is 62.7 Å². The molecule has 0 saturated carbocycles. The molecule has 0 radical (unpaired) electrons. The van der Waals surface area contributed by atoms with Crippen LogP contribution in [0.2, 0.25) is 5.28 Å². The first kappa shape index (κ1) is 12.3. The molecule has 1 unspecified atom stereocenters. The predicted octanol–water partition coefficient (Wildman–Crippen LogP) is 1.73. The van der Waals surface area contributed by atoms with Gasteiger partial charge in [-0.05, 0) is 24.8 Å². The van der Waals surface area contributed by atoms with Crippen molar-refractivity contribution >= 4 is 35.3 Å². The van der Waals surface area contributed by atoms with Gasteiger partial charge in [-0.3, -0.25) is 0 Å². The Kier molecular flexibility index (Phi) is 4.90. The quantitative estimate of drug-likeness (QED) is 0.826. The summed E-state index contributed by atoms with van der Waals surface area (Å²) in [4.78, 5) is 12.0. The highest BCUT2D eigenvalue weighted by atomic mass is 35.5. The summed E-state index contributed by atoms with van der Waals surface area (Å²) in [6.07, 6.45) is 2.05. The number of aromatic nitrogens is 3. The molecule has 7 heteroatoms. The van der Waals surface area contributed by atoms with Crippen LogP contribution in [0.25, 0.3) is 0 Å². The van der Waals surface area contributed by atoms with Crippen molar-refractivity contribution in [3.05, 3.63) is 5.28 Å². The summed E-state index contributed by atoms with van der Waals surface area (Å²) in [5, 5.41) is 6.16. The first-order valence-electron chi connectivity index (χ1n) is 4.50. The van der Waals surface area contributed by atoms with Crippen LogP contribution >= 0.6 is 23.4 Å². The lowest BCUT2D eigenvalue weighted by molar-refractivity contribution is 0.879. The van der Waals surface area contributed by atoms with Crippen LogP contribution in [0.5, 0.6) is 0 Å². The summed E-state index contributed by atoms with van der Waals surface area (Å²) >= 11 is 7.50. The molecule has 1 aromatic rings. The maximum absolute atomic E-state index is 5.74. The van der Waals surface area contributed by atoms with Crippen molar-refractivity contribution in [3.63, 3.8) is 0 Å². The predicted molar refractivity (Wildman–Crippen MR) is 65.9 cm³/mol. The Morgan fingerprint density at radius 1 is 1.33 bits per heavy atom. The van der Waals surface area contributed by atoms with Crippen LogP contribution in [0.3, 0.4) is 0 Å². The summed E-state index contributed by atoms with van der Waals surface area (Å²) in [6.45, 7) is 2.06. The Morgan fingerprint density at radius 3 is 2.60 bits per heavy atom. The highest BCUT2D eigenvalue weighted by Gasteiger charge is 2.06. The minimum atomic E-state index is 0.188. The summed E-state index contributed by atoms with van der Waals surface area (Å²) in [6, 6.07) is 0.295. The smallest absolute Gasteiger partial charge is 0.229 e. The molecule has 2 N–H and O–H groups in total. The third-order valence-electron chi connectivity index (χ3n) is 1.62. The van der Waals surface area contributed by atoms with Gasteiger partial charge < -0.3 is 10.6 Å². The zero-order chi connectivity index (χ0) is 11.3. The summed E-state index contributed by atoms with van der Waals surface area (Å²) in [5.41, 5.74) is 0. The summed E-state index contributed by atoms with van der Waals surface area (Å²) < 4.78 is 0. The third-order valence-corrected chi connectivity index (χ3v) is 2.63. The number of nitrogens with one attached hydrogen (secondary N) is 2. The Hall–Kier alpha value is -0.750. The molecule has 1 atom stereocenters. The van der Waals surface area contributed by atoms with E-state index in [1.54, 1.807) is 18.8 Å². The third kappa shape index (κ3) is 4.09. The molecule has 0 amide bonds. The van der Waals surface area contributed by atoms with Crippen molar-refractivity contribution in [2.24, 2.45) is 0 Å². The maximum atomic E-state index is 5.74. The Morgan fingerprint density at radius 2 is 2.00 bits per heavy atom. The molecule has 15 heavy (non-hydrogen) atoms. The van der Waals surface area contributed by atoms with E-state index in [4.69, 9.17) is 11.6 Å². The lowest BCUT2D eigenvalue weighted by Crippen LogP contribution is -2.20. The van der Waals surface area contributed by atoms with Crippen LogP contribution in [0.1, 0.15) is 6.92 Å². The lowest BCUT2D eigenvalue weighted by atomic mass is 10.4. The van der Waals surface area contributed by atoms with E-state index < -0.39 is 0 Å². The van der Waals surface area contributed by atoms with E-state index >= 15 is 0 Å². The van der Waals surface area contributed by atoms with Gasteiger partial charge in [0.05, 0.1) is 0 Å². The standard InChI is InChI=1S/C8H14ClN5S/c1-5(4-15-3)11-8-13-6(9)12-7(10-2)14-8/h5H,4H2,1-3H3,(H2,10,11,12,13,14). The molecule has 0 spiro atoms. The molecule has 0 fully saturated rings. The zero-order valence-corrected chi connectivity index (χ0v) is 10.5. The highest BCUT2D eigenvalue weighted by Crippen LogP contribution is 2.10. The van der Waals surface area contributed by atoms with Crippen molar-refractivity contribution in [3.8, 4) is 0 Å². The SMILES string of the molecule is CNc1nc(Cl)nc(NC(C)CSC)n1. The van der Waals surface area contributed by atoms with Crippen molar-refractivity contribution in [1.29, 1.82) is 0 Å². The summed E-state index contributed by atoms with van der Waals surface area (Å²) in [5.74, 6) is 1.95. The van der Waals surface area contributed by atoms with E-state index in [0.29, 0.717) is 17.9 Å². The molecule has 0 aliphatic rings. The van der Waals surface area contributed by atoms with Crippen LogP contribution in [0.15, 0.2) is 0 Å². The number of hydrogen-bond acceptors (Lipinski definition) is 6. The number of thioether (sulfide) groups is 1. The van der Waals surface area contributed by atoms with Crippen LogP contribution < -0.4 is 10.6 Å². The molecule has 1 aromatic heterocycles. The minimum absolute atomic E-state index is 0.188. The van der Waals surface area contributed by atoms with Gasteiger partial charge in [-0.1, -0.05) is 0 Å². The summed E-state index contributed by atoms with van der Waals surface area (Å²) in [7, 11) is 1.74. The van der Waals surface area contributed by atoms with Gasteiger partial charge in [0.2, 0.25) is 17.2 Å². The van der Waals surface area contributed by atoms with E-state index in [0.717, 1.165) is 5.75 Å². The number of hydrogen-bond donors (Lipinski definition) is 2. The van der Waals surface area contributed by atoms with Crippen LogP contribution in [0.4, 0.5) is 11.9 Å². The van der Waals surface area contributed by atoms with Gasteiger partial charge in [0.1, 0.15) is 0 Å². The fraction of sp³-hybridized carbons (Fsp3) is 0.625. The van der Waals surface area contributed by atoms with Crippen LogP contribution in [-0.2, 0) is 0 Å². The molecule has 0 bridgehead atoms. The van der Waals surface area contributed by atoms with Crippen molar-refractivity contribution < 1.29 is 0 Å². The largest absolute Gasteiger partial charge is 0.357 e. The van der Waals surface area contributed by atoms with Gasteiger partial charge in [-0.15, -0.1) is 0 Å². The average Bonchev–Trinajstić information content (AvgIpc) is 2.17. The van der Waals surface area contributed by atoms with E-state index in [-0.39, 0.29) is 5.28 Å². The molecule has 5 nitrogen and oxygen atoms in total. The lowest BCUT2D eigenvalue weighted by Gasteiger charge is -2.12. The first-order valence-corrected chi connectivity index (χ1v) is 6.27. The fourth-order valence-electron chi connectivity index (χ4n) is 1.04. The Balaban J connectivity index is 2.71. The van der Waals surface area contributed by atoms with Gasteiger partial charge in [0.25, 0.3) is 0 Å². The van der Waals surface area contributed by atoms with Gasteiger partial charge in [0, 0.05) is 18.8 Å². The molecule has 1 heterocycles. The normalized spacial score (nSPS) is 12.3. The molecule has 1 rings (SSSR count). The minimum Gasteiger partial charge on any atom is -0.357 e. The van der Waals surface area contributed by atoms with E-state index in [1.807, 2.05) is 0 Å². The zero-order valence-electron chi connectivity index (χ0n) is 8.91. The van der Waals surface area contributed by atoms with Crippen molar-refractivity contribution in [1.82, 2.24) is 15.0 Å². The molecular formula is C8H14ClN5S. The molecule has 0 aliphatic carbocycles. The molecule has 0 saturated heterocycles. The van der Waals surface area contributed by atoms with Crippen molar-refractivity contribution in [2.75, 3.05) is 29.7 Å². The number of halogens is 1. The average molecular weight is 248 g/mol. The number of rotatable bonds is 5. The van der Waals surface area contributed by atoms with Gasteiger partial charge >= 0.3 is 0 Å². The molecule has 84 valence electrons. The second-order valence-electron chi connectivity index (χ2n) is 3.00. The van der Waals surface area contributed by atoms with Crippen LogP contribution in [0, 0.1) is 0 Å². The van der Waals surface area contributed by atoms with Gasteiger partial charge in [-0.25, -0.2) is 0 Å². The van der Waals surface area contributed by atoms with E-state index in [9.17, 15) is 0 Å². The Bertz CT molecular complexity index is 322. The van der Waals surface area contributed by atoms with E-state index in [1.165, 1.54) is 0 Å². The van der Waals surface area contributed by atoms with Crippen LogP contribution in [-0.4, -0.2) is 40.1 Å². The molecule has 0 aromatic carbocycles. The van der Waals surface area contributed by atoms with Crippen molar-refractivity contribution in [2.45, 2.75) is 13.0 Å². The number of nitrogens with zero attached hydrogens (tertiary/aromatic N) is 3.